The molecular formula is C30H20S3. The lowest BCUT2D eigenvalue weighted by molar-refractivity contribution is 1.67. The van der Waals surface area contributed by atoms with Gasteiger partial charge in [0.05, 0.1) is 0 Å². The van der Waals surface area contributed by atoms with Gasteiger partial charge in [-0.3, -0.25) is 0 Å². The lowest BCUT2D eigenvalue weighted by Crippen LogP contribution is -1.81. The number of thiophene rings is 3. The van der Waals surface area contributed by atoms with Gasteiger partial charge >= 0.3 is 0 Å². The highest BCUT2D eigenvalue weighted by molar-refractivity contribution is 7.22. The highest BCUT2D eigenvalue weighted by atomic mass is 32.1. The largest absolute Gasteiger partial charge is 0.135 e. The molecule has 0 radical (unpaired) electrons. The predicted molar refractivity (Wildman–Crippen MR) is 152 cm³/mol. The van der Waals surface area contributed by atoms with Crippen molar-refractivity contribution in [3.05, 3.63) is 109 Å². The fraction of sp³-hybridized carbons (Fsp3) is 0. The maximum absolute atomic E-state index is 3.99. The third-order valence-corrected chi connectivity index (χ3v) is 9.36. The number of fused-ring (bicyclic) bond motifs is 2. The van der Waals surface area contributed by atoms with Gasteiger partial charge < -0.3 is 0 Å². The summed E-state index contributed by atoms with van der Waals surface area (Å²) >= 11 is 5.48. The minimum absolute atomic E-state index is 1.14. The van der Waals surface area contributed by atoms with Crippen molar-refractivity contribution in [2.24, 2.45) is 0 Å². The molecule has 6 rings (SSSR count). The number of hydrogen-bond donors (Lipinski definition) is 0. The van der Waals surface area contributed by atoms with E-state index in [4.69, 9.17) is 0 Å². The van der Waals surface area contributed by atoms with E-state index in [9.17, 15) is 0 Å². The van der Waals surface area contributed by atoms with E-state index in [0.29, 0.717) is 0 Å². The van der Waals surface area contributed by atoms with Crippen LogP contribution in [0.1, 0.15) is 10.4 Å². The quantitative estimate of drug-likeness (QED) is 0.232. The van der Waals surface area contributed by atoms with E-state index < -0.39 is 0 Å². The molecule has 0 saturated carbocycles. The minimum Gasteiger partial charge on any atom is -0.135 e. The standard InChI is InChI=1S/C30H20S3/c1-3-19-16-28(31-25(19)4-2)22-13-23(29-17-20-9-5-7-11-26(20)32-29)15-24(14-22)30-18-21-10-6-8-12-27(21)33-30/h3-18H,1-2H2. The first-order chi connectivity index (χ1) is 16.2. The molecule has 3 heterocycles. The van der Waals surface area contributed by atoms with Crippen LogP contribution in [0.5, 0.6) is 0 Å². The van der Waals surface area contributed by atoms with Crippen LogP contribution in [0.4, 0.5) is 0 Å². The molecule has 33 heavy (non-hydrogen) atoms. The number of benzene rings is 3. The van der Waals surface area contributed by atoms with Crippen LogP contribution in [-0.4, -0.2) is 0 Å². The molecule has 3 heteroatoms. The highest BCUT2D eigenvalue weighted by Crippen LogP contribution is 2.42. The Hall–Kier alpha value is -3.24. The zero-order valence-corrected chi connectivity index (χ0v) is 20.3. The molecule has 158 valence electrons. The first-order valence-corrected chi connectivity index (χ1v) is 13.2. The summed E-state index contributed by atoms with van der Waals surface area (Å²) in [7, 11) is 0. The Morgan fingerprint density at radius 2 is 1.00 bits per heavy atom. The lowest BCUT2D eigenvalue weighted by Gasteiger charge is -2.07. The summed E-state index contributed by atoms with van der Waals surface area (Å²) in [6.07, 6.45) is 3.84. The average Bonchev–Trinajstić information content (AvgIpc) is 3.59. The van der Waals surface area contributed by atoms with E-state index in [0.717, 1.165) is 10.4 Å². The van der Waals surface area contributed by atoms with Gasteiger partial charge in [-0.2, -0.15) is 0 Å². The molecular weight excluding hydrogens is 457 g/mol. The third-order valence-electron chi connectivity index (χ3n) is 5.83. The van der Waals surface area contributed by atoms with E-state index in [1.165, 1.54) is 51.5 Å². The molecule has 0 spiro atoms. The van der Waals surface area contributed by atoms with Crippen molar-refractivity contribution in [1.82, 2.24) is 0 Å². The number of hydrogen-bond acceptors (Lipinski definition) is 3. The van der Waals surface area contributed by atoms with Crippen LogP contribution < -0.4 is 0 Å². The van der Waals surface area contributed by atoms with E-state index in [1.807, 2.05) is 34.8 Å². The molecule has 0 aliphatic rings. The SMILES string of the molecule is C=Cc1cc(-c2cc(-c3cc4ccccc4s3)cc(-c3cc4ccccc4s3)c2)sc1C=C. The van der Waals surface area contributed by atoms with Gasteiger partial charge in [0.2, 0.25) is 0 Å². The van der Waals surface area contributed by atoms with Crippen LogP contribution in [0.3, 0.4) is 0 Å². The van der Waals surface area contributed by atoms with Crippen LogP contribution in [0.15, 0.2) is 98.1 Å². The predicted octanol–water partition coefficient (Wildman–Crippen LogP) is 10.5. The Morgan fingerprint density at radius 3 is 1.42 bits per heavy atom. The van der Waals surface area contributed by atoms with Crippen LogP contribution in [0, 0.1) is 0 Å². The van der Waals surface area contributed by atoms with E-state index in [1.54, 1.807) is 11.3 Å². The van der Waals surface area contributed by atoms with Crippen molar-refractivity contribution >= 4 is 66.3 Å². The second-order valence-electron chi connectivity index (χ2n) is 7.93. The summed E-state index contributed by atoms with van der Waals surface area (Å²) in [5, 5.41) is 2.59. The van der Waals surface area contributed by atoms with Crippen molar-refractivity contribution in [2.45, 2.75) is 0 Å². The summed E-state index contributed by atoms with van der Waals surface area (Å²) in [6, 6.07) is 31.1. The summed E-state index contributed by atoms with van der Waals surface area (Å²) in [5.41, 5.74) is 4.89. The molecule has 0 unspecified atom stereocenters. The van der Waals surface area contributed by atoms with Crippen molar-refractivity contribution in [1.29, 1.82) is 0 Å². The topological polar surface area (TPSA) is 0 Å². The summed E-state index contributed by atoms with van der Waals surface area (Å²) < 4.78 is 2.64. The molecule has 0 N–H and O–H groups in total. The van der Waals surface area contributed by atoms with Gasteiger partial charge in [-0.1, -0.05) is 61.7 Å². The molecule has 0 aliphatic heterocycles. The molecule has 0 nitrogen and oxygen atoms in total. The van der Waals surface area contributed by atoms with E-state index >= 15 is 0 Å². The van der Waals surface area contributed by atoms with Crippen molar-refractivity contribution in [3.63, 3.8) is 0 Å². The average molecular weight is 477 g/mol. The van der Waals surface area contributed by atoms with Crippen LogP contribution >= 0.6 is 34.0 Å². The van der Waals surface area contributed by atoms with Crippen LogP contribution in [0.25, 0.3) is 63.6 Å². The fourth-order valence-corrected chi connectivity index (χ4v) is 7.29. The zero-order chi connectivity index (χ0) is 22.4. The highest BCUT2D eigenvalue weighted by Gasteiger charge is 2.14. The van der Waals surface area contributed by atoms with E-state index in [2.05, 4.69) is 98.1 Å². The van der Waals surface area contributed by atoms with Crippen LogP contribution in [0.2, 0.25) is 0 Å². The minimum atomic E-state index is 1.14. The smallest absolute Gasteiger partial charge is 0.0355 e. The molecule has 3 aromatic carbocycles. The monoisotopic (exact) mass is 476 g/mol. The lowest BCUT2D eigenvalue weighted by atomic mass is 10.0. The third kappa shape index (κ3) is 3.68. The Kier molecular flexibility index (Phi) is 5.11. The van der Waals surface area contributed by atoms with Crippen LogP contribution in [-0.2, 0) is 0 Å². The second-order valence-corrected chi connectivity index (χ2v) is 11.2. The molecule has 3 aromatic heterocycles. The van der Waals surface area contributed by atoms with Gasteiger partial charge in [0.1, 0.15) is 0 Å². The summed E-state index contributed by atoms with van der Waals surface area (Å²) in [4.78, 5) is 5.00. The van der Waals surface area contributed by atoms with Crippen molar-refractivity contribution in [2.75, 3.05) is 0 Å². The molecule has 0 atom stereocenters. The fourth-order valence-electron chi connectivity index (χ4n) is 4.18. The van der Waals surface area contributed by atoms with Gasteiger partial charge in [0, 0.05) is 28.9 Å². The summed E-state index contributed by atoms with van der Waals surface area (Å²) in [5.74, 6) is 0. The Bertz CT molecular complexity index is 1470. The van der Waals surface area contributed by atoms with Gasteiger partial charge in [-0.15, -0.1) is 34.0 Å². The van der Waals surface area contributed by atoms with Gasteiger partial charge in [0.15, 0.2) is 0 Å². The Labute approximate surface area is 205 Å². The molecule has 6 aromatic rings. The van der Waals surface area contributed by atoms with Gasteiger partial charge in [0.25, 0.3) is 0 Å². The summed E-state index contributed by atoms with van der Waals surface area (Å²) in [6.45, 7) is 7.98. The van der Waals surface area contributed by atoms with E-state index in [-0.39, 0.29) is 0 Å². The molecule has 0 fully saturated rings. The maximum atomic E-state index is 3.99. The molecule has 0 amide bonds. The normalized spacial score (nSPS) is 11.3. The first kappa shape index (κ1) is 20.4. The maximum Gasteiger partial charge on any atom is 0.0355 e. The second kappa shape index (κ2) is 8.27. The molecule has 0 bridgehead atoms. The molecule has 0 aliphatic carbocycles. The van der Waals surface area contributed by atoms with Crippen molar-refractivity contribution < 1.29 is 0 Å². The Balaban J connectivity index is 1.57. The van der Waals surface area contributed by atoms with Gasteiger partial charge in [-0.25, -0.2) is 0 Å². The Morgan fingerprint density at radius 1 is 0.515 bits per heavy atom. The first-order valence-electron chi connectivity index (χ1n) is 10.7. The number of rotatable bonds is 5. The van der Waals surface area contributed by atoms with Crippen molar-refractivity contribution in [3.8, 4) is 31.3 Å². The molecule has 0 saturated heterocycles. The van der Waals surface area contributed by atoms with Gasteiger partial charge in [-0.05, 0) is 81.6 Å². The zero-order valence-electron chi connectivity index (χ0n) is 17.9.